The molecule has 0 aliphatic heterocycles. The zero-order chi connectivity index (χ0) is 4.50. The normalized spacial score (nSPS) is 3.87. The molecule has 0 aromatic rings. The summed E-state index contributed by atoms with van der Waals surface area (Å²) < 4.78 is 34.1. The average Bonchev–Trinajstić information content (AvgIpc) is 0.722. The maximum Gasteiger partial charge on any atom is 3.00 e. The molecule has 0 fully saturated rings. The molecule has 13 nitrogen and oxygen atoms in total. The summed E-state index contributed by atoms with van der Waals surface area (Å²) in [6.07, 6.45) is 0. The van der Waals surface area contributed by atoms with E-state index in [-0.39, 0.29) is 66.6 Å². The summed E-state index contributed by atoms with van der Waals surface area (Å²) in [5.41, 5.74) is 0. The van der Waals surface area contributed by atoms with Gasteiger partial charge in [-0.05, 0) is 0 Å². The maximum atomic E-state index is 8.52. The first-order valence-electron chi connectivity index (χ1n) is 0.667. The van der Waals surface area contributed by atoms with E-state index in [0.29, 0.717) is 0 Å². The first-order chi connectivity index (χ1) is 2.00. The van der Waals surface area contributed by atoms with E-state index in [1.807, 2.05) is 0 Å². The molecule has 0 aromatic heterocycles. The third-order valence-corrected chi connectivity index (χ3v) is 0. The summed E-state index contributed by atoms with van der Waals surface area (Å²) >= 11 is 0. The van der Waals surface area contributed by atoms with Gasteiger partial charge in [-0.25, -0.2) is 0 Å². The first-order valence-corrected chi connectivity index (χ1v) is 2.00. The van der Waals surface area contributed by atoms with E-state index in [1.165, 1.54) is 0 Å². The minimum Gasteiger partial charge on any atom is -0.759 e. The Morgan fingerprint density at radius 1 is 0.533 bits per heavy atom. The van der Waals surface area contributed by atoms with Crippen LogP contribution in [0, 0.1) is 0 Å². The van der Waals surface area contributed by atoms with Gasteiger partial charge >= 0.3 is 17.4 Å². The van der Waals surface area contributed by atoms with Crippen LogP contribution in [0.3, 0.4) is 0 Å². The van der Waals surface area contributed by atoms with Crippen LogP contribution >= 0.6 is 0 Å². The van der Waals surface area contributed by atoms with Gasteiger partial charge in [-0.2, -0.15) is 0 Å². The Hall–Kier alpha value is 0.0425. The molecule has 0 rings (SSSR count). The van der Waals surface area contributed by atoms with E-state index < -0.39 is 10.4 Å². The van der Waals surface area contributed by atoms with Crippen molar-refractivity contribution in [3.05, 3.63) is 0 Å². The number of rotatable bonds is 0. The van der Waals surface area contributed by atoms with Gasteiger partial charge in [0.2, 0.25) is 0 Å². The van der Waals surface area contributed by atoms with Crippen molar-refractivity contribution in [1.29, 1.82) is 0 Å². The van der Waals surface area contributed by atoms with Gasteiger partial charge in [0, 0.05) is 10.4 Å². The van der Waals surface area contributed by atoms with Gasteiger partial charge in [0.1, 0.15) is 0 Å². The fourth-order valence-corrected chi connectivity index (χ4v) is 0. The average molecular weight is 285 g/mol. The van der Waals surface area contributed by atoms with E-state index >= 15 is 0 Å². The zero-order valence-corrected chi connectivity index (χ0v) is 9.09. The van der Waals surface area contributed by atoms with E-state index in [4.69, 9.17) is 17.5 Å². The Balaban J connectivity index is -0.00000000178. The van der Waals surface area contributed by atoms with Gasteiger partial charge in [-0.15, -0.1) is 0 Å². The molecule has 0 atom stereocenters. The van der Waals surface area contributed by atoms with E-state index in [1.54, 1.807) is 0 Å². The second-order valence-corrected chi connectivity index (χ2v) is 1.22. The van der Waals surface area contributed by atoms with Crippen molar-refractivity contribution in [2.24, 2.45) is 0 Å². The molecule has 0 bridgehead atoms. The summed E-state index contributed by atoms with van der Waals surface area (Å²) in [6.45, 7) is 0. The zero-order valence-electron chi connectivity index (χ0n) is 7.12. The SMILES string of the molecule is O.O.O.O.O.O.O.O.O.O=S(=O)([O-])[O-].[Al+3]. The predicted octanol–water partition coefficient (Wildman–Crippen LogP) is -9.14. The van der Waals surface area contributed by atoms with Crippen molar-refractivity contribution >= 4 is 27.8 Å². The molecule has 15 heavy (non-hydrogen) atoms. The smallest absolute Gasteiger partial charge is 0.759 e. The Labute approximate surface area is 95.2 Å². The Kier molecular flexibility index (Phi) is 792. The van der Waals surface area contributed by atoms with Gasteiger partial charge in [0.25, 0.3) is 0 Å². The fraction of sp³-hybridized carbons (Fsp3) is 0. The molecule has 0 spiro atoms. The molecule has 0 unspecified atom stereocenters. The number of hydrogen-bond donors (Lipinski definition) is 0. The molecule has 0 amide bonds. The van der Waals surface area contributed by atoms with E-state index in [9.17, 15) is 0 Å². The van der Waals surface area contributed by atoms with Crippen LogP contribution < -0.4 is 0 Å². The summed E-state index contributed by atoms with van der Waals surface area (Å²) in [7, 11) is -5.17. The molecule has 15 heteroatoms. The number of hydrogen-bond acceptors (Lipinski definition) is 4. The van der Waals surface area contributed by atoms with Gasteiger partial charge < -0.3 is 58.4 Å². The topological polar surface area (TPSA) is 364 Å². The van der Waals surface area contributed by atoms with Crippen molar-refractivity contribution in [2.75, 3.05) is 0 Å². The summed E-state index contributed by atoms with van der Waals surface area (Å²) in [5.74, 6) is 0. The van der Waals surface area contributed by atoms with Gasteiger partial charge in [0.15, 0.2) is 0 Å². The maximum absolute atomic E-state index is 8.52. The van der Waals surface area contributed by atoms with Crippen LogP contribution in [-0.2, 0) is 10.4 Å². The summed E-state index contributed by atoms with van der Waals surface area (Å²) in [4.78, 5) is 0. The predicted molar refractivity (Wildman–Crippen MR) is 48.8 cm³/mol. The minimum absolute atomic E-state index is 0. The van der Waals surface area contributed by atoms with Gasteiger partial charge in [0.05, 0.1) is 0 Å². The van der Waals surface area contributed by atoms with Crippen LogP contribution in [0.5, 0.6) is 0 Å². The molecule has 0 aliphatic rings. The molecule has 0 aliphatic carbocycles. The van der Waals surface area contributed by atoms with Crippen LogP contribution in [0.2, 0.25) is 0 Å². The van der Waals surface area contributed by atoms with Crippen LogP contribution in [-0.4, -0.2) is 84.2 Å². The Morgan fingerprint density at radius 3 is 0.533 bits per heavy atom. The monoisotopic (exact) mass is 285 g/mol. The van der Waals surface area contributed by atoms with Crippen molar-refractivity contribution in [1.82, 2.24) is 0 Å². The Morgan fingerprint density at radius 2 is 0.533 bits per heavy atom. The standard InChI is InChI=1S/Al.H2O4S.9H2O/c;1-5(2,3)4;;;;;;;;;/h;(H2,1,2,3,4);9*1H2/q+3;;;;;;;;;;/p-2. The first kappa shape index (κ1) is 182. The molecule has 0 saturated heterocycles. The van der Waals surface area contributed by atoms with E-state index in [2.05, 4.69) is 0 Å². The van der Waals surface area contributed by atoms with E-state index in [0.717, 1.165) is 0 Å². The third kappa shape index (κ3) is 1130000. The van der Waals surface area contributed by atoms with Crippen LogP contribution in [0.4, 0.5) is 0 Å². The summed E-state index contributed by atoms with van der Waals surface area (Å²) in [5, 5.41) is 0. The second kappa shape index (κ2) is 65.4. The van der Waals surface area contributed by atoms with Gasteiger partial charge in [-0.1, -0.05) is 0 Å². The van der Waals surface area contributed by atoms with Gasteiger partial charge in [-0.3, -0.25) is 8.42 Å². The van der Waals surface area contributed by atoms with Crippen LogP contribution in [0.1, 0.15) is 0 Å². The molecule has 0 heterocycles. The molecule has 18 N–H and O–H groups in total. The van der Waals surface area contributed by atoms with Crippen molar-refractivity contribution in [3.63, 3.8) is 0 Å². The minimum atomic E-state index is -5.17. The quantitative estimate of drug-likeness (QED) is 0.237. The molecular weight excluding hydrogens is 267 g/mol. The molecular formula is H18AlO13S+. The third-order valence-electron chi connectivity index (χ3n) is 0. The van der Waals surface area contributed by atoms with Crippen molar-refractivity contribution < 1.29 is 66.8 Å². The fourth-order valence-electron chi connectivity index (χ4n) is 0. The van der Waals surface area contributed by atoms with Crippen LogP contribution in [0.15, 0.2) is 0 Å². The molecule has 0 radical (unpaired) electrons. The van der Waals surface area contributed by atoms with Crippen LogP contribution in [0.25, 0.3) is 0 Å². The summed E-state index contributed by atoms with van der Waals surface area (Å²) in [6, 6.07) is 0. The van der Waals surface area contributed by atoms with Crippen molar-refractivity contribution in [3.8, 4) is 0 Å². The molecule has 0 aromatic carbocycles. The second-order valence-electron chi connectivity index (χ2n) is 0.408. The molecule has 104 valence electrons. The van der Waals surface area contributed by atoms with Crippen molar-refractivity contribution in [2.45, 2.75) is 0 Å². The molecule has 0 saturated carbocycles. The Bertz CT molecular complexity index is 93.7. The largest absolute Gasteiger partial charge is 3.00 e.